The van der Waals surface area contributed by atoms with Gasteiger partial charge in [-0.25, -0.2) is 0 Å². The number of rotatable bonds is 3. The molecular weight excluding hydrogens is 224 g/mol. The topological polar surface area (TPSA) is 57.9 Å². The van der Waals surface area contributed by atoms with Gasteiger partial charge in [-0.15, -0.1) is 0 Å². The molecule has 0 aliphatic carbocycles. The van der Waals surface area contributed by atoms with E-state index in [1.54, 1.807) is 6.07 Å². The Bertz CT molecular complexity index is 600. The summed E-state index contributed by atoms with van der Waals surface area (Å²) in [6.45, 7) is 0. The summed E-state index contributed by atoms with van der Waals surface area (Å²) in [5, 5.41) is 0.340. The smallest absolute Gasteiger partial charge is 0.204 e. The van der Waals surface area contributed by atoms with Gasteiger partial charge in [-0.3, -0.25) is 4.79 Å². The first-order valence-corrected chi connectivity index (χ1v) is 4.93. The van der Waals surface area contributed by atoms with Crippen LogP contribution in [0, 0.1) is 0 Å². The molecule has 0 spiro atoms. The van der Waals surface area contributed by atoms with Crippen molar-refractivity contribution in [2.24, 2.45) is 0 Å². The van der Waals surface area contributed by atoms with E-state index in [1.807, 2.05) is 0 Å². The third-order valence-electron chi connectivity index (χ3n) is 2.45. The normalized spacial score (nSPS) is 10.3. The molecule has 1 heterocycles. The van der Waals surface area contributed by atoms with E-state index in [0.29, 0.717) is 28.2 Å². The van der Waals surface area contributed by atoms with Crippen molar-refractivity contribution in [3.63, 3.8) is 0 Å². The van der Waals surface area contributed by atoms with Crippen LogP contribution in [0.15, 0.2) is 27.6 Å². The van der Waals surface area contributed by atoms with Crippen molar-refractivity contribution >= 4 is 11.0 Å². The molecule has 0 saturated heterocycles. The van der Waals surface area contributed by atoms with Crippen molar-refractivity contribution in [1.29, 1.82) is 0 Å². The van der Waals surface area contributed by atoms with E-state index >= 15 is 0 Å². The van der Waals surface area contributed by atoms with Crippen molar-refractivity contribution in [2.45, 2.75) is 0 Å². The molecule has 0 bridgehead atoms. The van der Waals surface area contributed by atoms with E-state index in [9.17, 15) is 4.79 Å². The lowest BCUT2D eigenvalue weighted by molar-refractivity contribution is 0.326. The molecule has 0 unspecified atom stereocenters. The van der Waals surface area contributed by atoms with Crippen molar-refractivity contribution in [2.75, 3.05) is 21.3 Å². The molecule has 2 rings (SSSR count). The minimum absolute atomic E-state index is 0.191. The zero-order valence-electron chi connectivity index (χ0n) is 9.77. The Labute approximate surface area is 97.5 Å². The lowest BCUT2D eigenvalue weighted by atomic mass is 10.2. The molecule has 0 saturated carbocycles. The van der Waals surface area contributed by atoms with Gasteiger partial charge in [0.05, 0.1) is 27.6 Å². The van der Waals surface area contributed by atoms with E-state index in [2.05, 4.69) is 0 Å². The van der Waals surface area contributed by atoms with Crippen molar-refractivity contribution in [3.8, 4) is 17.2 Å². The van der Waals surface area contributed by atoms with E-state index in [1.165, 1.54) is 33.7 Å². The Morgan fingerprint density at radius 3 is 2.35 bits per heavy atom. The second-order valence-corrected chi connectivity index (χ2v) is 3.30. The van der Waals surface area contributed by atoms with Gasteiger partial charge in [-0.05, 0) is 0 Å². The van der Waals surface area contributed by atoms with Gasteiger partial charge in [-0.2, -0.15) is 0 Å². The monoisotopic (exact) mass is 236 g/mol. The Kier molecular flexibility index (Phi) is 2.91. The van der Waals surface area contributed by atoms with Gasteiger partial charge in [0.25, 0.3) is 0 Å². The van der Waals surface area contributed by atoms with Crippen molar-refractivity contribution in [1.82, 2.24) is 0 Å². The fourth-order valence-electron chi connectivity index (χ4n) is 1.71. The van der Waals surface area contributed by atoms with Gasteiger partial charge in [0.15, 0.2) is 16.9 Å². The van der Waals surface area contributed by atoms with Gasteiger partial charge in [0.2, 0.25) is 5.75 Å². The van der Waals surface area contributed by atoms with Crippen LogP contribution in [0.3, 0.4) is 0 Å². The molecule has 1 aromatic heterocycles. The molecule has 17 heavy (non-hydrogen) atoms. The van der Waals surface area contributed by atoms with Crippen LogP contribution in [-0.4, -0.2) is 21.3 Å². The summed E-state index contributed by atoms with van der Waals surface area (Å²) >= 11 is 0. The first-order valence-electron chi connectivity index (χ1n) is 4.93. The zero-order valence-corrected chi connectivity index (χ0v) is 9.77. The van der Waals surface area contributed by atoms with Crippen LogP contribution in [0.1, 0.15) is 0 Å². The van der Waals surface area contributed by atoms with Crippen LogP contribution >= 0.6 is 0 Å². The third-order valence-corrected chi connectivity index (χ3v) is 2.45. The number of benzene rings is 1. The van der Waals surface area contributed by atoms with Crippen LogP contribution < -0.4 is 19.6 Å². The summed E-state index contributed by atoms with van der Waals surface area (Å²) in [4.78, 5) is 11.8. The molecule has 2 aromatic rings. The van der Waals surface area contributed by atoms with Crippen LogP contribution in [-0.2, 0) is 0 Å². The quantitative estimate of drug-likeness (QED) is 0.813. The molecule has 0 aliphatic heterocycles. The molecule has 1 aromatic carbocycles. The van der Waals surface area contributed by atoms with Crippen LogP contribution in [0.5, 0.6) is 17.2 Å². The van der Waals surface area contributed by atoms with Crippen LogP contribution in [0.25, 0.3) is 11.0 Å². The lowest BCUT2D eigenvalue weighted by Crippen LogP contribution is -2.03. The summed E-state index contributed by atoms with van der Waals surface area (Å²) in [6, 6.07) is 2.93. The lowest BCUT2D eigenvalue weighted by Gasteiger charge is -2.13. The first-order chi connectivity index (χ1) is 8.22. The molecule has 0 aliphatic rings. The molecular formula is C12H12O5. The minimum atomic E-state index is -0.191. The largest absolute Gasteiger partial charge is 0.493 e. The fourth-order valence-corrected chi connectivity index (χ4v) is 1.71. The van der Waals surface area contributed by atoms with Crippen molar-refractivity contribution < 1.29 is 18.6 Å². The fraction of sp³-hybridized carbons (Fsp3) is 0.250. The number of hydrogen-bond acceptors (Lipinski definition) is 5. The molecule has 0 atom stereocenters. The second-order valence-electron chi connectivity index (χ2n) is 3.30. The molecule has 5 heteroatoms. The molecule has 0 radical (unpaired) electrons. The Morgan fingerprint density at radius 1 is 1.06 bits per heavy atom. The van der Waals surface area contributed by atoms with Crippen LogP contribution in [0.2, 0.25) is 0 Å². The number of hydrogen-bond donors (Lipinski definition) is 0. The zero-order chi connectivity index (χ0) is 12.4. The Morgan fingerprint density at radius 2 is 1.76 bits per heavy atom. The number of fused-ring (bicyclic) bond motifs is 1. The number of methoxy groups -OCH3 is 3. The highest BCUT2D eigenvalue weighted by Crippen LogP contribution is 2.41. The van der Waals surface area contributed by atoms with Gasteiger partial charge >= 0.3 is 0 Å². The van der Waals surface area contributed by atoms with E-state index in [4.69, 9.17) is 18.6 Å². The molecule has 90 valence electrons. The summed E-state index contributed by atoms with van der Waals surface area (Å²) in [7, 11) is 4.45. The van der Waals surface area contributed by atoms with E-state index < -0.39 is 0 Å². The standard InChI is InChI=1S/C12H12O5/c1-14-9-6-8-10(7(13)4-5-17-8)12(16-3)11(9)15-2/h4-6H,1-3H3. The summed E-state index contributed by atoms with van der Waals surface area (Å²) in [5.74, 6) is 1.14. The average Bonchev–Trinajstić information content (AvgIpc) is 2.36. The van der Waals surface area contributed by atoms with Gasteiger partial charge in [-0.1, -0.05) is 0 Å². The van der Waals surface area contributed by atoms with Gasteiger partial charge < -0.3 is 18.6 Å². The maximum Gasteiger partial charge on any atom is 0.204 e. The van der Waals surface area contributed by atoms with Gasteiger partial charge in [0.1, 0.15) is 11.0 Å². The predicted molar refractivity (Wildman–Crippen MR) is 62.1 cm³/mol. The van der Waals surface area contributed by atoms with E-state index in [0.717, 1.165) is 0 Å². The first kappa shape index (κ1) is 11.3. The maximum atomic E-state index is 11.8. The second kappa shape index (κ2) is 4.37. The highest BCUT2D eigenvalue weighted by Gasteiger charge is 2.18. The average molecular weight is 236 g/mol. The Hall–Kier alpha value is -2.17. The summed E-state index contributed by atoms with van der Waals surface area (Å²) in [5.41, 5.74) is 0.205. The SMILES string of the molecule is COc1cc2occc(=O)c2c(OC)c1OC. The summed E-state index contributed by atoms with van der Waals surface area (Å²) < 4.78 is 20.8. The molecule has 0 amide bonds. The molecule has 5 nitrogen and oxygen atoms in total. The van der Waals surface area contributed by atoms with Crippen molar-refractivity contribution in [3.05, 3.63) is 28.6 Å². The van der Waals surface area contributed by atoms with E-state index in [-0.39, 0.29) is 5.43 Å². The minimum Gasteiger partial charge on any atom is -0.493 e. The number of ether oxygens (including phenoxy) is 3. The maximum absolute atomic E-state index is 11.8. The summed E-state index contributed by atoms with van der Waals surface area (Å²) in [6.07, 6.45) is 1.33. The van der Waals surface area contributed by atoms with Gasteiger partial charge in [0, 0.05) is 12.1 Å². The highest BCUT2D eigenvalue weighted by molar-refractivity contribution is 5.88. The Balaban J connectivity index is 2.95. The van der Waals surface area contributed by atoms with Crippen LogP contribution in [0.4, 0.5) is 0 Å². The highest BCUT2D eigenvalue weighted by atomic mass is 16.5. The molecule has 0 fully saturated rings. The predicted octanol–water partition coefficient (Wildman–Crippen LogP) is 1.82. The third kappa shape index (κ3) is 1.69. The molecule has 0 N–H and O–H groups in total.